The summed E-state index contributed by atoms with van der Waals surface area (Å²) in [7, 11) is -3.42. The number of nitrogens with zero attached hydrogens (tertiary/aromatic N) is 1. The number of hydrogen-bond acceptors (Lipinski definition) is 3. The molecular weight excluding hydrogens is 364 g/mol. The van der Waals surface area contributed by atoms with Crippen molar-refractivity contribution in [3.8, 4) is 0 Å². The van der Waals surface area contributed by atoms with Gasteiger partial charge in [-0.2, -0.15) is 4.31 Å². The largest absolute Gasteiger partial charge is 0.309 e. The molecule has 0 aliphatic carbocycles. The average Bonchev–Trinajstić information content (AvgIpc) is 2.31. The van der Waals surface area contributed by atoms with E-state index in [0.29, 0.717) is 18.0 Å². The molecule has 1 saturated heterocycles. The van der Waals surface area contributed by atoms with Crippen LogP contribution in [0.25, 0.3) is 0 Å². The van der Waals surface area contributed by atoms with Crippen molar-refractivity contribution in [1.82, 2.24) is 9.62 Å². The van der Waals surface area contributed by atoms with Gasteiger partial charge in [0, 0.05) is 29.6 Å². The molecule has 1 N–H and O–H groups in total. The first-order chi connectivity index (χ1) is 8.80. The van der Waals surface area contributed by atoms with Gasteiger partial charge in [-0.3, -0.25) is 0 Å². The summed E-state index contributed by atoms with van der Waals surface area (Å²) in [5.74, 6) is 0. The average molecular weight is 384 g/mol. The Labute approximate surface area is 135 Å². The number of aryl methyl sites for hydroxylation is 1. The first kappa shape index (κ1) is 17.9. The lowest BCUT2D eigenvalue weighted by molar-refractivity contribution is 0.263. The van der Waals surface area contributed by atoms with E-state index in [2.05, 4.69) is 21.2 Å². The van der Waals surface area contributed by atoms with E-state index >= 15 is 0 Å². The molecular formula is C13H20BrClN2O2S. The molecule has 0 saturated carbocycles. The highest BCUT2D eigenvalue weighted by Gasteiger charge is 2.32. The SMILES string of the molecule is Cc1ccc(Br)cc1S(=O)(=O)N1CC(C)NC(C)C1.Cl. The molecule has 0 bridgehead atoms. The Morgan fingerprint density at radius 3 is 2.35 bits per heavy atom. The van der Waals surface area contributed by atoms with E-state index in [0.717, 1.165) is 10.0 Å². The van der Waals surface area contributed by atoms with E-state index in [1.165, 1.54) is 0 Å². The van der Waals surface area contributed by atoms with Crippen LogP contribution in [0.5, 0.6) is 0 Å². The van der Waals surface area contributed by atoms with E-state index in [4.69, 9.17) is 0 Å². The number of nitrogens with one attached hydrogen (secondary N) is 1. The minimum Gasteiger partial charge on any atom is -0.309 e. The van der Waals surface area contributed by atoms with Gasteiger partial charge in [0.25, 0.3) is 0 Å². The summed E-state index contributed by atoms with van der Waals surface area (Å²) in [6.45, 7) is 6.86. The Kier molecular flexibility index (Phi) is 6.04. The van der Waals surface area contributed by atoms with Gasteiger partial charge in [-0.05, 0) is 38.5 Å². The van der Waals surface area contributed by atoms with Crippen LogP contribution in [0.2, 0.25) is 0 Å². The number of sulfonamides is 1. The van der Waals surface area contributed by atoms with Gasteiger partial charge in [-0.1, -0.05) is 22.0 Å². The van der Waals surface area contributed by atoms with Crippen LogP contribution in [0, 0.1) is 6.92 Å². The molecule has 2 rings (SSSR count). The molecule has 1 heterocycles. The van der Waals surface area contributed by atoms with Gasteiger partial charge in [0.15, 0.2) is 0 Å². The topological polar surface area (TPSA) is 49.4 Å². The van der Waals surface area contributed by atoms with Crippen LogP contribution in [0.15, 0.2) is 27.6 Å². The molecule has 4 nitrogen and oxygen atoms in total. The molecule has 0 radical (unpaired) electrons. The van der Waals surface area contributed by atoms with Crippen molar-refractivity contribution >= 4 is 38.4 Å². The second kappa shape index (κ2) is 6.75. The molecule has 0 aromatic heterocycles. The fraction of sp³-hybridized carbons (Fsp3) is 0.538. The van der Waals surface area contributed by atoms with Gasteiger partial charge < -0.3 is 5.32 Å². The van der Waals surface area contributed by atoms with E-state index < -0.39 is 10.0 Å². The zero-order valence-corrected chi connectivity index (χ0v) is 15.0. The molecule has 2 unspecified atom stereocenters. The first-order valence-corrected chi connectivity index (χ1v) is 8.56. The normalized spacial score (nSPS) is 24.2. The molecule has 1 aromatic carbocycles. The molecule has 20 heavy (non-hydrogen) atoms. The molecule has 0 spiro atoms. The van der Waals surface area contributed by atoms with Gasteiger partial charge in [-0.15, -0.1) is 12.4 Å². The fourth-order valence-corrected chi connectivity index (χ4v) is 4.85. The molecule has 1 aliphatic rings. The summed E-state index contributed by atoms with van der Waals surface area (Å²) < 4.78 is 27.8. The van der Waals surface area contributed by atoms with Crippen LogP contribution in [-0.2, 0) is 10.0 Å². The van der Waals surface area contributed by atoms with Gasteiger partial charge in [0.2, 0.25) is 10.0 Å². The maximum Gasteiger partial charge on any atom is 0.243 e. The lowest BCUT2D eigenvalue weighted by Gasteiger charge is -2.35. The second-order valence-electron chi connectivity index (χ2n) is 5.20. The predicted molar refractivity (Wildman–Crippen MR) is 86.9 cm³/mol. The molecule has 1 fully saturated rings. The van der Waals surface area contributed by atoms with Crippen LogP contribution in [0.1, 0.15) is 19.4 Å². The lowest BCUT2D eigenvalue weighted by Crippen LogP contribution is -2.55. The Hall–Kier alpha value is -0.140. The van der Waals surface area contributed by atoms with Crippen molar-refractivity contribution in [1.29, 1.82) is 0 Å². The highest BCUT2D eigenvalue weighted by atomic mass is 79.9. The summed E-state index contributed by atoms with van der Waals surface area (Å²) in [6, 6.07) is 5.71. The number of rotatable bonds is 2. The highest BCUT2D eigenvalue weighted by Crippen LogP contribution is 2.25. The third kappa shape index (κ3) is 3.74. The predicted octanol–water partition coefficient (Wildman–Crippen LogP) is 2.55. The molecule has 114 valence electrons. The maximum absolute atomic E-state index is 12.7. The minimum absolute atomic E-state index is 0. The van der Waals surface area contributed by atoms with Crippen molar-refractivity contribution in [3.05, 3.63) is 28.2 Å². The zero-order valence-electron chi connectivity index (χ0n) is 11.8. The lowest BCUT2D eigenvalue weighted by atomic mass is 10.2. The summed E-state index contributed by atoms with van der Waals surface area (Å²) in [6.07, 6.45) is 0. The van der Waals surface area contributed by atoms with Crippen molar-refractivity contribution in [2.75, 3.05) is 13.1 Å². The Bertz CT molecular complexity index is 570. The second-order valence-corrected chi connectivity index (χ2v) is 8.02. The van der Waals surface area contributed by atoms with E-state index in [1.54, 1.807) is 10.4 Å². The third-order valence-corrected chi connectivity index (χ3v) is 5.76. The summed E-state index contributed by atoms with van der Waals surface area (Å²) >= 11 is 3.34. The van der Waals surface area contributed by atoms with Crippen molar-refractivity contribution in [2.24, 2.45) is 0 Å². The standard InChI is InChI=1S/C13H19BrN2O2S.ClH/c1-9-4-5-12(14)6-13(9)19(17,18)16-7-10(2)15-11(3)8-16;/h4-6,10-11,15H,7-8H2,1-3H3;1H. The number of halogens is 2. The number of piperazine rings is 1. The fourth-order valence-electron chi connectivity index (χ4n) is 2.46. The molecule has 1 aromatic rings. The van der Waals surface area contributed by atoms with Crippen molar-refractivity contribution in [3.63, 3.8) is 0 Å². The van der Waals surface area contributed by atoms with Crippen LogP contribution < -0.4 is 5.32 Å². The van der Waals surface area contributed by atoms with Crippen LogP contribution in [0.4, 0.5) is 0 Å². The Morgan fingerprint density at radius 2 is 1.80 bits per heavy atom. The maximum atomic E-state index is 12.7. The molecule has 0 amide bonds. The van der Waals surface area contributed by atoms with Gasteiger partial charge in [0.05, 0.1) is 4.90 Å². The van der Waals surface area contributed by atoms with E-state index in [-0.39, 0.29) is 24.5 Å². The summed E-state index contributed by atoms with van der Waals surface area (Å²) in [5.41, 5.74) is 0.780. The van der Waals surface area contributed by atoms with Gasteiger partial charge in [0.1, 0.15) is 0 Å². The quantitative estimate of drug-likeness (QED) is 0.854. The van der Waals surface area contributed by atoms with Crippen molar-refractivity contribution in [2.45, 2.75) is 37.8 Å². The van der Waals surface area contributed by atoms with Crippen LogP contribution in [-0.4, -0.2) is 37.9 Å². The van der Waals surface area contributed by atoms with Crippen LogP contribution >= 0.6 is 28.3 Å². The van der Waals surface area contributed by atoms with Gasteiger partial charge in [-0.25, -0.2) is 8.42 Å². The smallest absolute Gasteiger partial charge is 0.243 e. The summed E-state index contributed by atoms with van der Waals surface area (Å²) in [5, 5.41) is 3.34. The highest BCUT2D eigenvalue weighted by molar-refractivity contribution is 9.10. The monoisotopic (exact) mass is 382 g/mol. The van der Waals surface area contributed by atoms with E-state index in [1.807, 2.05) is 32.9 Å². The molecule has 7 heteroatoms. The Balaban J connectivity index is 0.00000200. The third-order valence-electron chi connectivity index (χ3n) is 3.29. The first-order valence-electron chi connectivity index (χ1n) is 6.33. The summed E-state index contributed by atoms with van der Waals surface area (Å²) in [4.78, 5) is 0.392. The van der Waals surface area contributed by atoms with Crippen LogP contribution in [0.3, 0.4) is 0 Å². The van der Waals surface area contributed by atoms with Crippen molar-refractivity contribution < 1.29 is 8.42 Å². The molecule has 2 atom stereocenters. The van der Waals surface area contributed by atoms with Gasteiger partial charge >= 0.3 is 0 Å². The molecule has 1 aliphatic heterocycles. The number of hydrogen-bond donors (Lipinski definition) is 1. The zero-order chi connectivity index (χ0) is 14.2. The van der Waals surface area contributed by atoms with E-state index in [9.17, 15) is 8.42 Å². The Morgan fingerprint density at radius 1 is 1.25 bits per heavy atom. The number of benzene rings is 1. The minimum atomic E-state index is -3.42.